The van der Waals surface area contributed by atoms with Crippen molar-refractivity contribution in [3.8, 4) is 0 Å². The molecular weight excluding hydrogens is 248 g/mol. The molecule has 0 unspecified atom stereocenters. The Morgan fingerprint density at radius 3 is 2.68 bits per heavy atom. The molecule has 2 N–H and O–H groups in total. The van der Waals surface area contributed by atoms with Crippen LogP contribution in [-0.4, -0.2) is 61.6 Å². The quantitative estimate of drug-likeness (QED) is 0.738. The third-order valence-corrected chi connectivity index (χ3v) is 2.40. The summed E-state index contributed by atoms with van der Waals surface area (Å²) >= 11 is 0. The van der Waals surface area contributed by atoms with Crippen LogP contribution in [0.3, 0.4) is 0 Å². The molecule has 7 nitrogen and oxygen atoms in total. The van der Waals surface area contributed by atoms with Gasteiger partial charge in [-0.25, -0.2) is 4.79 Å². The zero-order valence-corrected chi connectivity index (χ0v) is 11.9. The van der Waals surface area contributed by atoms with Crippen molar-refractivity contribution in [2.24, 2.45) is 4.99 Å². The molecule has 0 bridgehead atoms. The van der Waals surface area contributed by atoms with E-state index in [-0.39, 0.29) is 18.5 Å². The molecule has 108 valence electrons. The van der Waals surface area contributed by atoms with Crippen LogP contribution in [0.1, 0.15) is 20.8 Å². The van der Waals surface area contributed by atoms with Crippen LogP contribution in [0.25, 0.3) is 0 Å². The average Bonchev–Trinajstić information content (AvgIpc) is 2.34. The highest BCUT2D eigenvalue weighted by molar-refractivity contribution is 5.91. The van der Waals surface area contributed by atoms with Crippen molar-refractivity contribution in [3.63, 3.8) is 0 Å². The number of likely N-dealkylation sites (N-methyl/N-ethyl adjacent to an activating group) is 1. The summed E-state index contributed by atoms with van der Waals surface area (Å²) < 4.78 is 5.30. The van der Waals surface area contributed by atoms with Gasteiger partial charge >= 0.3 is 6.09 Å². The van der Waals surface area contributed by atoms with E-state index in [0.29, 0.717) is 25.5 Å². The Labute approximate surface area is 113 Å². The molecule has 0 aromatic heterocycles. The number of nitrogens with zero attached hydrogens (tertiary/aromatic N) is 2. The zero-order chi connectivity index (χ0) is 14.5. The first-order valence-corrected chi connectivity index (χ1v) is 6.27. The molecular formula is C12H22N4O3. The second-order valence-electron chi connectivity index (χ2n) is 5.26. The molecule has 0 fully saturated rings. The Morgan fingerprint density at radius 2 is 2.11 bits per heavy atom. The van der Waals surface area contributed by atoms with Gasteiger partial charge in [0.15, 0.2) is 0 Å². The fourth-order valence-corrected chi connectivity index (χ4v) is 1.48. The van der Waals surface area contributed by atoms with Crippen molar-refractivity contribution >= 4 is 17.8 Å². The largest absolute Gasteiger partial charge is 0.444 e. The summed E-state index contributed by atoms with van der Waals surface area (Å²) in [6.07, 6.45) is -0.360. The number of aliphatic imine (C=N–C) groups is 1. The van der Waals surface area contributed by atoms with E-state index < -0.39 is 5.60 Å². The number of hydrogen-bond acceptors (Lipinski definition) is 5. The summed E-state index contributed by atoms with van der Waals surface area (Å²) in [6.45, 7) is 7.01. The van der Waals surface area contributed by atoms with Crippen LogP contribution >= 0.6 is 0 Å². The van der Waals surface area contributed by atoms with Crippen LogP contribution in [0, 0.1) is 0 Å². The van der Waals surface area contributed by atoms with Gasteiger partial charge in [0.05, 0.1) is 19.6 Å². The van der Waals surface area contributed by atoms with E-state index in [1.807, 2.05) is 20.8 Å². The molecule has 0 spiro atoms. The Kier molecular flexibility index (Phi) is 5.14. The molecule has 1 heterocycles. The van der Waals surface area contributed by atoms with Crippen LogP contribution in [0.5, 0.6) is 0 Å². The van der Waals surface area contributed by atoms with Gasteiger partial charge in [-0.3, -0.25) is 14.7 Å². The summed E-state index contributed by atoms with van der Waals surface area (Å²) in [5.74, 6) is 0.498. The summed E-state index contributed by atoms with van der Waals surface area (Å²) in [7, 11) is 1.57. The van der Waals surface area contributed by atoms with Gasteiger partial charge in [0.25, 0.3) is 0 Å². The lowest BCUT2D eigenvalue weighted by Crippen LogP contribution is -2.48. The molecule has 19 heavy (non-hydrogen) atoms. The molecule has 0 atom stereocenters. The van der Waals surface area contributed by atoms with E-state index in [9.17, 15) is 9.59 Å². The van der Waals surface area contributed by atoms with Gasteiger partial charge in [0, 0.05) is 13.6 Å². The molecule has 1 aliphatic rings. The molecule has 0 aliphatic carbocycles. The smallest absolute Gasteiger partial charge is 0.410 e. The number of amides is 2. The Morgan fingerprint density at radius 1 is 1.42 bits per heavy atom. The van der Waals surface area contributed by atoms with Crippen molar-refractivity contribution in [2.45, 2.75) is 26.4 Å². The summed E-state index contributed by atoms with van der Waals surface area (Å²) in [5, 5.41) is 5.42. The minimum atomic E-state index is -0.513. The number of ether oxygens (including phenoxy) is 1. The third-order valence-electron chi connectivity index (χ3n) is 2.40. The minimum absolute atomic E-state index is 0.128. The molecule has 0 saturated carbocycles. The van der Waals surface area contributed by atoms with Gasteiger partial charge in [-0.1, -0.05) is 0 Å². The van der Waals surface area contributed by atoms with Gasteiger partial charge in [0.2, 0.25) is 5.91 Å². The van der Waals surface area contributed by atoms with E-state index in [1.165, 1.54) is 0 Å². The van der Waals surface area contributed by atoms with E-state index in [2.05, 4.69) is 15.6 Å². The summed E-state index contributed by atoms with van der Waals surface area (Å²) in [4.78, 5) is 28.8. The maximum absolute atomic E-state index is 11.9. The topological polar surface area (TPSA) is 83.0 Å². The van der Waals surface area contributed by atoms with Crippen LogP contribution in [0.2, 0.25) is 0 Å². The average molecular weight is 270 g/mol. The Balaban J connectivity index is 2.47. The predicted molar refractivity (Wildman–Crippen MR) is 72.2 cm³/mol. The highest BCUT2D eigenvalue weighted by atomic mass is 16.6. The van der Waals surface area contributed by atoms with E-state index in [0.717, 1.165) is 0 Å². The first kappa shape index (κ1) is 15.3. The molecule has 7 heteroatoms. The number of hydrogen-bond donors (Lipinski definition) is 2. The van der Waals surface area contributed by atoms with Crippen molar-refractivity contribution < 1.29 is 14.3 Å². The lowest BCUT2D eigenvalue weighted by Gasteiger charge is -2.29. The van der Waals surface area contributed by atoms with Gasteiger partial charge in [-0.15, -0.1) is 0 Å². The second-order valence-corrected chi connectivity index (χ2v) is 5.26. The maximum atomic E-state index is 11.9. The van der Waals surface area contributed by atoms with Crippen molar-refractivity contribution in [1.82, 2.24) is 15.5 Å². The van der Waals surface area contributed by atoms with E-state index in [1.54, 1.807) is 11.9 Å². The van der Waals surface area contributed by atoms with Gasteiger partial charge in [0.1, 0.15) is 11.4 Å². The third kappa shape index (κ3) is 5.58. The Bertz CT molecular complexity index is 374. The molecule has 0 saturated heterocycles. The number of carbonyl (C=O) groups excluding carboxylic acids is 2. The standard InChI is InChI=1S/C12H22N4O3/c1-12(2,3)19-11(18)16-6-5-14-9(8-16)15-7-10(17)13-4/h5-8H2,1-4H3,(H,13,17)(H,14,15). The van der Waals surface area contributed by atoms with Crippen LogP contribution in [0.15, 0.2) is 4.99 Å². The summed E-state index contributed by atoms with van der Waals surface area (Å²) in [6, 6.07) is 0. The maximum Gasteiger partial charge on any atom is 0.410 e. The van der Waals surface area contributed by atoms with E-state index in [4.69, 9.17) is 4.74 Å². The lowest BCUT2D eigenvalue weighted by molar-refractivity contribution is -0.119. The highest BCUT2D eigenvalue weighted by Gasteiger charge is 2.24. The first-order valence-electron chi connectivity index (χ1n) is 6.27. The fraction of sp³-hybridized carbons (Fsp3) is 0.750. The first-order chi connectivity index (χ1) is 8.81. The fourth-order valence-electron chi connectivity index (χ4n) is 1.48. The van der Waals surface area contributed by atoms with Gasteiger partial charge in [-0.2, -0.15) is 0 Å². The SMILES string of the molecule is CNC(=O)CNC1=NCCN(C(=O)OC(C)(C)C)C1. The van der Waals surface area contributed by atoms with Crippen LogP contribution in [0.4, 0.5) is 4.79 Å². The molecule has 0 radical (unpaired) electrons. The van der Waals surface area contributed by atoms with Gasteiger partial charge in [-0.05, 0) is 20.8 Å². The van der Waals surface area contributed by atoms with Crippen molar-refractivity contribution in [3.05, 3.63) is 0 Å². The normalized spacial score (nSPS) is 15.6. The van der Waals surface area contributed by atoms with Crippen LogP contribution in [-0.2, 0) is 9.53 Å². The van der Waals surface area contributed by atoms with Gasteiger partial charge < -0.3 is 15.4 Å². The molecule has 1 rings (SSSR count). The predicted octanol–water partition coefficient (Wildman–Crippen LogP) is -0.0288. The molecule has 2 amide bonds. The number of rotatable bonds is 2. The number of amidine groups is 1. The molecule has 1 aliphatic heterocycles. The van der Waals surface area contributed by atoms with Crippen molar-refractivity contribution in [2.75, 3.05) is 33.2 Å². The number of nitrogens with one attached hydrogen (secondary N) is 2. The van der Waals surface area contributed by atoms with Crippen LogP contribution < -0.4 is 10.6 Å². The molecule has 0 aromatic carbocycles. The summed E-state index contributed by atoms with van der Waals surface area (Å²) in [5.41, 5.74) is -0.513. The Hall–Kier alpha value is -1.79. The zero-order valence-electron chi connectivity index (χ0n) is 11.9. The molecule has 0 aromatic rings. The minimum Gasteiger partial charge on any atom is -0.444 e. The van der Waals surface area contributed by atoms with Crippen molar-refractivity contribution in [1.29, 1.82) is 0 Å². The second kappa shape index (κ2) is 6.40. The van der Waals surface area contributed by atoms with E-state index >= 15 is 0 Å². The lowest BCUT2D eigenvalue weighted by atomic mass is 10.2. The number of carbonyl (C=O) groups is 2. The monoisotopic (exact) mass is 270 g/mol. The highest BCUT2D eigenvalue weighted by Crippen LogP contribution is 2.10.